The first-order chi connectivity index (χ1) is 12.0. The van der Waals surface area contributed by atoms with Crippen LogP contribution < -0.4 is 4.90 Å². The van der Waals surface area contributed by atoms with Crippen LogP contribution in [0.25, 0.3) is 0 Å². The highest BCUT2D eigenvalue weighted by atomic mass is 79.9. The summed E-state index contributed by atoms with van der Waals surface area (Å²) in [6.07, 6.45) is 1.21. The molecule has 25 heavy (non-hydrogen) atoms. The monoisotopic (exact) mass is 408 g/mol. The van der Waals surface area contributed by atoms with Crippen LogP contribution in [0, 0.1) is 15.9 Å². The Balaban J connectivity index is 1.66. The third kappa shape index (κ3) is 3.76. The lowest BCUT2D eigenvalue weighted by atomic mass is 10.1. The highest BCUT2D eigenvalue weighted by Crippen LogP contribution is 2.20. The number of nitro groups is 1. The van der Waals surface area contributed by atoms with Crippen molar-refractivity contribution in [3.05, 3.63) is 62.5 Å². The summed E-state index contributed by atoms with van der Waals surface area (Å²) in [5, 5.41) is 10.7. The molecular formula is C16H14BrFN4O3. The number of hydrogen-bond donors (Lipinski definition) is 0. The van der Waals surface area contributed by atoms with Crippen molar-refractivity contribution in [2.24, 2.45) is 0 Å². The second-order valence-electron chi connectivity index (χ2n) is 5.54. The van der Waals surface area contributed by atoms with Gasteiger partial charge in [0.15, 0.2) is 0 Å². The van der Waals surface area contributed by atoms with E-state index in [1.54, 1.807) is 17.0 Å². The van der Waals surface area contributed by atoms with Crippen LogP contribution in [0.15, 0.2) is 41.0 Å². The Morgan fingerprint density at radius 1 is 1.20 bits per heavy atom. The van der Waals surface area contributed by atoms with E-state index in [1.165, 1.54) is 24.4 Å². The maximum Gasteiger partial charge on any atom is 0.287 e. The highest BCUT2D eigenvalue weighted by molar-refractivity contribution is 9.10. The van der Waals surface area contributed by atoms with Crippen molar-refractivity contribution in [1.82, 2.24) is 9.88 Å². The van der Waals surface area contributed by atoms with Gasteiger partial charge < -0.3 is 9.80 Å². The Hall–Kier alpha value is -2.55. The summed E-state index contributed by atoms with van der Waals surface area (Å²) in [6, 6.07) is 7.26. The van der Waals surface area contributed by atoms with Gasteiger partial charge in [-0.25, -0.2) is 9.37 Å². The summed E-state index contributed by atoms with van der Waals surface area (Å²) in [5.74, 6) is -0.283. The molecule has 0 bridgehead atoms. The molecule has 0 unspecified atom stereocenters. The summed E-state index contributed by atoms with van der Waals surface area (Å²) in [6.45, 7) is 1.88. The molecule has 1 fully saturated rings. The standard InChI is InChI=1S/C16H14BrFN4O3/c17-11-1-3-14(18)13(9-11)16(23)21-7-5-20(6-8-21)15-4-2-12(10-19-15)22(24)25/h1-4,9-10H,5-8H2. The largest absolute Gasteiger partial charge is 0.353 e. The molecule has 0 spiro atoms. The zero-order valence-corrected chi connectivity index (χ0v) is 14.6. The topological polar surface area (TPSA) is 79.6 Å². The second kappa shape index (κ2) is 7.14. The van der Waals surface area contributed by atoms with Crippen molar-refractivity contribution in [3.8, 4) is 0 Å². The zero-order valence-electron chi connectivity index (χ0n) is 13.1. The van der Waals surface area contributed by atoms with E-state index in [1.807, 2.05) is 4.90 Å². The number of nitrogens with zero attached hydrogens (tertiary/aromatic N) is 4. The van der Waals surface area contributed by atoms with Crippen LogP contribution in [0.4, 0.5) is 15.9 Å². The van der Waals surface area contributed by atoms with Gasteiger partial charge in [0, 0.05) is 36.7 Å². The molecule has 0 atom stereocenters. The molecule has 9 heteroatoms. The lowest BCUT2D eigenvalue weighted by Crippen LogP contribution is -2.49. The van der Waals surface area contributed by atoms with E-state index >= 15 is 0 Å². The van der Waals surface area contributed by atoms with Gasteiger partial charge in [-0.2, -0.15) is 0 Å². The molecule has 2 aromatic rings. The highest BCUT2D eigenvalue weighted by Gasteiger charge is 2.25. The van der Waals surface area contributed by atoms with Gasteiger partial charge in [-0.1, -0.05) is 15.9 Å². The van der Waals surface area contributed by atoms with Crippen LogP contribution in [-0.2, 0) is 0 Å². The van der Waals surface area contributed by atoms with Crippen molar-refractivity contribution in [2.45, 2.75) is 0 Å². The molecule has 1 aromatic carbocycles. The fourth-order valence-electron chi connectivity index (χ4n) is 2.64. The molecule has 130 valence electrons. The SMILES string of the molecule is O=C(c1cc(Br)ccc1F)N1CCN(c2ccc([N+](=O)[O-])cn2)CC1. The maximum absolute atomic E-state index is 13.9. The fourth-order valence-corrected chi connectivity index (χ4v) is 3.00. The first-order valence-electron chi connectivity index (χ1n) is 7.55. The van der Waals surface area contributed by atoms with Crippen molar-refractivity contribution in [2.75, 3.05) is 31.1 Å². The van der Waals surface area contributed by atoms with Gasteiger partial charge in [0.2, 0.25) is 0 Å². The number of piperazine rings is 1. The van der Waals surface area contributed by atoms with Crippen molar-refractivity contribution in [3.63, 3.8) is 0 Å². The molecule has 0 N–H and O–H groups in total. The number of aromatic nitrogens is 1. The normalized spacial score (nSPS) is 14.5. The van der Waals surface area contributed by atoms with E-state index in [2.05, 4.69) is 20.9 Å². The Kier molecular flexibility index (Phi) is 4.93. The van der Waals surface area contributed by atoms with E-state index in [0.717, 1.165) is 0 Å². The predicted molar refractivity (Wildman–Crippen MR) is 93.1 cm³/mol. The Morgan fingerprint density at radius 2 is 1.92 bits per heavy atom. The van der Waals surface area contributed by atoms with Gasteiger partial charge in [-0.3, -0.25) is 14.9 Å². The average molecular weight is 409 g/mol. The first kappa shape index (κ1) is 17.3. The van der Waals surface area contributed by atoms with E-state index in [-0.39, 0.29) is 17.2 Å². The molecule has 1 aliphatic heterocycles. The van der Waals surface area contributed by atoms with Crippen LogP contribution in [0.1, 0.15) is 10.4 Å². The third-order valence-corrected chi connectivity index (χ3v) is 4.49. The zero-order chi connectivity index (χ0) is 18.0. The summed E-state index contributed by atoms with van der Waals surface area (Å²) >= 11 is 3.24. The van der Waals surface area contributed by atoms with E-state index in [4.69, 9.17) is 0 Å². The molecule has 1 aliphatic rings. The van der Waals surface area contributed by atoms with Crippen molar-refractivity contribution < 1.29 is 14.1 Å². The summed E-state index contributed by atoms with van der Waals surface area (Å²) in [5.41, 5.74) is -0.0287. The Morgan fingerprint density at radius 3 is 2.52 bits per heavy atom. The minimum atomic E-state index is -0.548. The van der Waals surface area contributed by atoms with Crippen LogP contribution in [0.5, 0.6) is 0 Å². The van der Waals surface area contributed by atoms with Gasteiger partial charge in [-0.05, 0) is 24.3 Å². The average Bonchev–Trinajstić information content (AvgIpc) is 2.63. The number of pyridine rings is 1. The van der Waals surface area contributed by atoms with Gasteiger partial charge in [0.05, 0.1) is 10.5 Å². The number of carbonyl (C=O) groups is 1. The fraction of sp³-hybridized carbons (Fsp3) is 0.250. The lowest BCUT2D eigenvalue weighted by Gasteiger charge is -2.35. The predicted octanol–water partition coefficient (Wildman–Crippen LogP) is 2.85. The smallest absolute Gasteiger partial charge is 0.287 e. The molecule has 0 saturated carbocycles. The number of amides is 1. The van der Waals surface area contributed by atoms with Crippen LogP contribution in [0.3, 0.4) is 0 Å². The van der Waals surface area contributed by atoms with Crippen molar-refractivity contribution in [1.29, 1.82) is 0 Å². The molecule has 1 aromatic heterocycles. The summed E-state index contributed by atoms with van der Waals surface area (Å²) in [4.78, 5) is 30.3. The van der Waals surface area contributed by atoms with Crippen LogP contribution in [0.2, 0.25) is 0 Å². The Labute approximate surface area is 151 Å². The summed E-state index contributed by atoms with van der Waals surface area (Å²) in [7, 11) is 0. The van der Waals surface area contributed by atoms with Crippen LogP contribution >= 0.6 is 15.9 Å². The quantitative estimate of drug-likeness (QED) is 0.576. The first-order valence-corrected chi connectivity index (χ1v) is 8.35. The van der Waals surface area contributed by atoms with E-state index in [9.17, 15) is 19.3 Å². The van der Waals surface area contributed by atoms with E-state index in [0.29, 0.717) is 36.5 Å². The molecule has 0 radical (unpaired) electrons. The van der Waals surface area contributed by atoms with Crippen molar-refractivity contribution >= 4 is 33.3 Å². The lowest BCUT2D eigenvalue weighted by molar-refractivity contribution is -0.385. The Bertz CT molecular complexity index is 808. The number of benzene rings is 1. The molecule has 3 rings (SSSR count). The molecule has 0 aliphatic carbocycles. The molecule has 1 saturated heterocycles. The third-order valence-electron chi connectivity index (χ3n) is 3.99. The number of anilines is 1. The van der Waals surface area contributed by atoms with Gasteiger partial charge in [0.25, 0.3) is 11.6 Å². The molecular weight excluding hydrogens is 395 g/mol. The van der Waals surface area contributed by atoms with Gasteiger partial charge in [-0.15, -0.1) is 0 Å². The number of halogens is 2. The molecule has 1 amide bonds. The van der Waals surface area contributed by atoms with Gasteiger partial charge in [0.1, 0.15) is 17.8 Å². The minimum absolute atomic E-state index is 0.0382. The number of carbonyl (C=O) groups excluding carboxylic acids is 1. The van der Waals surface area contributed by atoms with E-state index < -0.39 is 10.7 Å². The minimum Gasteiger partial charge on any atom is -0.353 e. The van der Waals surface area contributed by atoms with Crippen LogP contribution in [-0.4, -0.2) is 46.9 Å². The molecule has 7 nitrogen and oxygen atoms in total. The molecule has 2 heterocycles. The summed E-state index contributed by atoms with van der Waals surface area (Å²) < 4.78 is 14.5. The number of hydrogen-bond acceptors (Lipinski definition) is 5. The number of rotatable bonds is 3. The maximum atomic E-state index is 13.9. The second-order valence-corrected chi connectivity index (χ2v) is 6.45. The van der Waals surface area contributed by atoms with Gasteiger partial charge >= 0.3 is 0 Å².